The summed E-state index contributed by atoms with van der Waals surface area (Å²) in [4.78, 5) is 35.4. The molecular weight excluding hydrogens is 654 g/mol. The van der Waals surface area contributed by atoms with Crippen molar-refractivity contribution in [1.29, 1.82) is 0 Å². The van der Waals surface area contributed by atoms with Crippen LogP contribution in [-0.4, -0.2) is 80.6 Å². The van der Waals surface area contributed by atoms with Crippen LogP contribution in [-0.2, 0) is 22.6 Å². The number of nitrogens with two attached hydrogens (primary N) is 1. The van der Waals surface area contributed by atoms with Crippen LogP contribution < -0.4 is 26.0 Å². The lowest BCUT2D eigenvalue weighted by atomic mass is 9.45. The molecule has 2 bridgehead atoms. The fourth-order valence-corrected chi connectivity index (χ4v) is 9.24. The summed E-state index contributed by atoms with van der Waals surface area (Å²) in [5, 5.41) is 19.6. The molecule has 8 atom stereocenters. The zero-order valence-electron chi connectivity index (χ0n) is 31.8. The second-order valence-electron chi connectivity index (χ2n) is 16.0. The van der Waals surface area contributed by atoms with Gasteiger partial charge in [-0.1, -0.05) is 69.3 Å². The number of para-hydroxylation sites is 1. The van der Waals surface area contributed by atoms with Gasteiger partial charge in [-0.2, -0.15) is 5.06 Å². The molecule has 10 nitrogen and oxygen atoms in total. The van der Waals surface area contributed by atoms with Crippen molar-refractivity contribution in [2.75, 3.05) is 39.3 Å². The van der Waals surface area contributed by atoms with Gasteiger partial charge >= 0.3 is 0 Å². The molecule has 52 heavy (non-hydrogen) atoms. The molecule has 10 heteroatoms. The van der Waals surface area contributed by atoms with E-state index in [1.807, 2.05) is 61.5 Å². The highest BCUT2D eigenvalue weighted by atomic mass is 16.7. The number of nitrogens with one attached hydrogen (secondary N) is 2. The summed E-state index contributed by atoms with van der Waals surface area (Å²) in [6.07, 6.45) is 2.46. The van der Waals surface area contributed by atoms with Gasteiger partial charge in [0.2, 0.25) is 11.8 Å². The van der Waals surface area contributed by atoms with Crippen LogP contribution in [0.4, 0.5) is 5.69 Å². The SMILES string of the molecule is COc1c(CN2O[C@@H](CO)[C@@H]([C@H](C)NCCc3ccccc3)[C@H]2C(=O)N[C@H]2C[C@H]3C[C@@H]([C@@H]2C)C3(C)C)cccc1-c1cc(C(N)=O)cc(N(C)C)c1. The molecule has 2 amide bonds. The molecule has 0 radical (unpaired) electrons. The number of rotatable bonds is 14. The van der Waals surface area contributed by atoms with Gasteiger partial charge in [-0.15, -0.1) is 0 Å². The number of nitrogens with zero attached hydrogens (tertiary/aromatic N) is 2. The average Bonchev–Trinajstić information content (AvgIpc) is 3.50. The van der Waals surface area contributed by atoms with E-state index in [9.17, 15) is 14.7 Å². The van der Waals surface area contributed by atoms with E-state index in [2.05, 4.69) is 50.5 Å². The summed E-state index contributed by atoms with van der Waals surface area (Å²) in [7, 11) is 5.45. The fraction of sp³-hybridized carbons (Fsp3) is 0.524. The number of hydrogen-bond acceptors (Lipinski definition) is 8. The predicted molar refractivity (Wildman–Crippen MR) is 205 cm³/mol. The average molecular weight is 712 g/mol. The van der Waals surface area contributed by atoms with Crippen LogP contribution in [0.3, 0.4) is 0 Å². The molecular formula is C42H57N5O5. The van der Waals surface area contributed by atoms with Gasteiger partial charge in [0, 0.05) is 54.5 Å². The molecule has 7 rings (SSSR count). The quantitative estimate of drug-likeness (QED) is 0.184. The molecule has 0 spiro atoms. The number of fused-ring (bicyclic) bond motifs is 2. The van der Waals surface area contributed by atoms with Gasteiger partial charge in [0.25, 0.3) is 0 Å². The fourth-order valence-electron chi connectivity index (χ4n) is 9.24. The van der Waals surface area contributed by atoms with Gasteiger partial charge in [-0.05, 0) is 85.2 Å². The molecule has 4 aliphatic rings. The van der Waals surface area contributed by atoms with Crippen molar-refractivity contribution in [1.82, 2.24) is 15.7 Å². The van der Waals surface area contributed by atoms with Crippen LogP contribution >= 0.6 is 0 Å². The third-order valence-electron chi connectivity index (χ3n) is 12.5. The number of carbonyl (C=O) groups excluding carboxylic acids is 2. The highest BCUT2D eigenvalue weighted by molar-refractivity contribution is 5.96. The molecule has 3 aromatic carbocycles. The Balaban J connectivity index is 1.30. The molecule has 1 saturated heterocycles. The van der Waals surface area contributed by atoms with Crippen molar-refractivity contribution < 1.29 is 24.3 Å². The van der Waals surface area contributed by atoms with E-state index in [0.29, 0.717) is 34.5 Å². The number of aliphatic hydroxyl groups excluding tert-OH is 1. The monoisotopic (exact) mass is 711 g/mol. The number of aliphatic hydroxyl groups is 1. The molecule has 1 aliphatic heterocycles. The molecule has 5 N–H and O–H groups in total. The molecule has 280 valence electrons. The van der Waals surface area contributed by atoms with Crippen molar-refractivity contribution in [2.45, 2.75) is 77.7 Å². The van der Waals surface area contributed by atoms with Gasteiger partial charge in [0.15, 0.2) is 0 Å². The Labute approximate surface area is 309 Å². The third-order valence-corrected chi connectivity index (χ3v) is 12.5. The van der Waals surface area contributed by atoms with E-state index in [-0.39, 0.29) is 37.1 Å². The first-order valence-corrected chi connectivity index (χ1v) is 18.7. The first-order valence-electron chi connectivity index (χ1n) is 18.7. The molecule has 0 aromatic heterocycles. The molecule has 3 aliphatic carbocycles. The van der Waals surface area contributed by atoms with Crippen LogP contribution in [0, 0.1) is 29.1 Å². The van der Waals surface area contributed by atoms with E-state index in [0.717, 1.165) is 41.8 Å². The molecule has 1 heterocycles. The smallest absolute Gasteiger partial charge is 0.248 e. The van der Waals surface area contributed by atoms with Gasteiger partial charge in [-0.25, -0.2) is 0 Å². The van der Waals surface area contributed by atoms with Crippen molar-refractivity contribution in [2.24, 2.45) is 34.8 Å². The van der Waals surface area contributed by atoms with Crippen LogP contribution in [0.2, 0.25) is 0 Å². The maximum atomic E-state index is 14.6. The highest BCUT2D eigenvalue weighted by Gasteiger charge is 2.57. The minimum atomic E-state index is -0.665. The van der Waals surface area contributed by atoms with Crippen molar-refractivity contribution in [3.8, 4) is 16.9 Å². The van der Waals surface area contributed by atoms with Gasteiger partial charge in [0.05, 0.1) is 20.3 Å². The Morgan fingerprint density at radius 3 is 2.48 bits per heavy atom. The lowest BCUT2D eigenvalue weighted by molar-refractivity contribution is -0.183. The van der Waals surface area contributed by atoms with E-state index in [4.69, 9.17) is 15.3 Å². The lowest BCUT2D eigenvalue weighted by Gasteiger charge is -2.62. The highest BCUT2D eigenvalue weighted by Crippen LogP contribution is 2.61. The number of benzene rings is 3. The number of hydrogen-bond donors (Lipinski definition) is 4. The number of primary amides is 1. The maximum Gasteiger partial charge on any atom is 0.248 e. The first kappa shape index (κ1) is 37.8. The minimum absolute atomic E-state index is 0.0754. The van der Waals surface area contributed by atoms with Crippen LogP contribution in [0.5, 0.6) is 5.75 Å². The van der Waals surface area contributed by atoms with E-state index in [1.165, 1.54) is 12.0 Å². The van der Waals surface area contributed by atoms with Crippen LogP contribution in [0.1, 0.15) is 62.0 Å². The number of amides is 2. The van der Waals surface area contributed by atoms with Crippen molar-refractivity contribution in [3.05, 3.63) is 83.4 Å². The van der Waals surface area contributed by atoms with Crippen LogP contribution in [0.25, 0.3) is 11.1 Å². The normalized spacial score (nSPS) is 27.0. The zero-order valence-corrected chi connectivity index (χ0v) is 31.8. The number of ether oxygens (including phenoxy) is 1. The minimum Gasteiger partial charge on any atom is -0.496 e. The summed E-state index contributed by atoms with van der Waals surface area (Å²) >= 11 is 0. The number of methoxy groups -OCH3 is 1. The first-order chi connectivity index (χ1) is 24.8. The molecule has 3 aromatic rings. The van der Waals surface area contributed by atoms with Crippen LogP contribution in [0.15, 0.2) is 66.7 Å². The van der Waals surface area contributed by atoms with Gasteiger partial charge in [-0.3, -0.25) is 14.4 Å². The summed E-state index contributed by atoms with van der Waals surface area (Å²) < 4.78 is 6.06. The molecule has 0 unspecified atom stereocenters. The Morgan fingerprint density at radius 2 is 1.85 bits per heavy atom. The number of carbonyl (C=O) groups is 2. The van der Waals surface area contributed by atoms with Crippen molar-refractivity contribution >= 4 is 17.5 Å². The van der Waals surface area contributed by atoms with Gasteiger partial charge < -0.3 is 31.1 Å². The third kappa shape index (κ3) is 7.44. The Kier molecular flexibility index (Phi) is 11.3. The Morgan fingerprint density at radius 1 is 1.10 bits per heavy atom. The Hall–Kier alpha value is -3.96. The predicted octanol–water partition coefficient (Wildman–Crippen LogP) is 5.03. The summed E-state index contributed by atoms with van der Waals surface area (Å²) in [6.45, 7) is 9.84. The number of anilines is 1. The molecule has 4 fully saturated rings. The van der Waals surface area contributed by atoms with Crippen molar-refractivity contribution in [3.63, 3.8) is 0 Å². The van der Waals surface area contributed by atoms with Gasteiger partial charge in [0.1, 0.15) is 17.9 Å². The molecule has 3 saturated carbocycles. The second-order valence-corrected chi connectivity index (χ2v) is 16.0. The lowest BCUT2D eigenvalue weighted by Crippen LogP contribution is -2.62. The maximum absolute atomic E-state index is 14.6. The summed E-state index contributed by atoms with van der Waals surface area (Å²) in [5.74, 6) is 1.25. The topological polar surface area (TPSA) is 129 Å². The number of hydroxylamine groups is 2. The zero-order chi connectivity index (χ0) is 37.3. The standard InChI is InChI=1S/C42H57N5O5/c1-25-34-21-31(42(34,3)4)22-35(25)45-41(50)38-37(26(2)44-17-16-27-12-9-8-10-13-27)36(24-48)52-47(38)23-28-14-11-15-33(39(28)51-7)29-18-30(40(43)49)20-32(19-29)46(5)6/h8-15,18-20,25-26,31,34-38,44,48H,16-17,21-24H2,1-7H3,(H2,43,49)(H,45,50)/t25-,26-,31+,34-,35-,36-,37+,38-/m0/s1. The Bertz CT molecular complexity index is 1730. The van der Waals surface area contributed by atoms with E-state index in [1.54, 1.807) is 24.3 Å². The summed E-state index contributed by atoms with van der Waals surface area (Å²) in [5.41, 5.74) is 10.9. The largest absolute Gasteiger partial charge is 0.496 e. The van der Waals surface area contributed by atoms with E-state index < -0.39 is 18.1 Å². The summed E-state index contributed by atoms with van der Waals surface area (Å²) in [6, 6.07) is 21.0. The second kappa shape index (κ2) is 15.6. The van der Waals surface area contributed by atoms with E-state index >= 15 is 0 Å².